The molecule has 150 valence electrons. The highest BCUT2D eigenvalue weighted by Gasteiger charge is 2.35. The summed E-state index contributed by atoms with van der Waals surface area (Å²) >= 11 is 0. The fourth-order valence-electron chi connectivity index (χ4n) is 4.45. The molecule has 2 N–H and O–H groups in total. The van der Waals surface area contributed by atoms with Gasteiger partial charge >= 0.3 is 0 Å². The SMILES string of the molecule is Cl.N[C@@H]1CCN(C(=O)C2CCN(S(=O)(=O)c3ccc4c(c3)CCC4)CC2)C1. The number of sulfonamides is 1. The molecule has 27 heavy (non-hydrogen) atoms. The molecule has 0 saturated carbocycles. The number of piperidine rings is 1. The maximum Gasteiger partial charge on any atom is 0.243 e. The Morgan fingerprint density at radius 1 is 1.04 bits per heavy atom. The van der Waals surface area contributed by atoms with E-state index in [1.165, 1.54) is 11.1 Å². The lowest BCUT2D eigenvalue weighted by atomic mass is 9.97. The Morgan fingerprint density at radius 3 is 2.41 bits per heavy atom. The molecule has 2 saturated heterocycles. The van der Waals surface area contributed by atoms with Crippen LogP contribution in [0.5, 0.6) is 0 Å². The first-order valence-corrected chi connectivity index (χ1v) is 11.1. The average molecular weight is 414 g/mol. The van der Waals surface area contributed by atoms with Crippen molar-refractivity contribution in [2.75, 3.05) is 26.2 Å². The van der Waals surface area contributed by atoms with Crippen LogP contribution < -0.4 is 5.73 Å². The summed E-state index contributed by atoms with van der Waals surface area (Å²) in [4.78, 5) is 14.8. The van der Waals surface area contributed by atoms with E-state index in [1.807, 2.05) is 17.0 Å². The van der Waals surface area contributed by atoms with Gasteiger partial charge in [-0.05, 0) is 61.8 Å². The van der Waals surface area contributed by atoms with E-state index < -0.39 is 10.0 Å². The first kappa shape index (κ1) is 20.6. The summed E-state index contributed by atoms with van der Waals surface area (Å²) in [5.41, 5.74) is 8.34. The van der Waals surface area contributed by atoms with Gasteiger partial charge in [0.15, 0.2) is 0 Å². The molecule has 0 spiro atoms. The average Bonchev–Trinajstić information content (AvgIpc) is 3.29. The maximum absolute atomic E-state index is 13.0. The number of fused-ring (bicyclic) bond motifs is 1. The smallest absolute Gasteiger partial charge is 0.243 e. The second-order valence-corrected chi connectivity index (χ2v) is 9.73. The van der Waals surface area contributed by atoms with E-state index in [0.29, 0.717) is 37.4 Å². The van der Waals surface area contributed by atoms with Crippen LogP contribution in [-0.4, -0.2) is 55.8 Å². The second-order valence-electron chi connectivity index (χ2n) is 7.80. The number of nitrogens with two attached hydrogens (primary N) is 1. The van der Waals surface area contributed by atoms with Crippen molar-refractivity contribution in [1.29, 1.82) is 0 Å². The van der Waals surface area contributed by atoms with Gasteiger partial charge in [-0.1, -0.05) is 6.07 Å². The highest BCUT2D eigenvalue weighted by molar-refractivity contribution is 7.89. The molecule has 1 atom stereocenters. The third kappa shape index (κ3) is 4.01. The number of rotatable bonds is 3. The van der Waals surface area contributed by atoms with Crippen molar-refractivity contribution in [3.63, 3.8) is 0 Å². The molecular formula is C19H28ClN3O3S. The molecule has 1 aromatic rings. The van der Waals surface area contributed by atoms with Gasteiger partial charge in [-0.3, -0.25) is 4.79 Å². The predicted molar refractivity (Wildman–Crippen MR) is 106 cm³/mol. The van der Waals surface area contributed by atoms with Crippen LogP contribution in [0.15, 0.2) is 23.1 Å². The van der Waals surface area contributed by atoms with Gasteiger partial charge in [-0.25, -0.2) is 8.42 Å². The Bertz CT molecular complexity index is 806. The summed E-state index contributed by atoms with van der Waals surface area (Å²) in [5, 5.41) is 0. The van der Waals surface area contributed by atoms with Crippen LogP contribution >= 0.6 is 12.4 Å². The zero-order valence-electron chi connectivity index (χ0n) is 15.5. The summed E-state index contributed by atoms with van der Waals surface area (Å²) in [6.07, 6.45) is 5.16. The van der Waals surface area contributed by atoms with E-state index in [9.17, 15) is 13.2 Å². The molecule has 6 nitrogen and oxygen atoms in total. The molecule has 1 aromatic carbocycles. The Balaban J connectivity index is 0.00000210. The lowest BCUT2D eigenvalue weighted by Gasteiger charge is -2.32. The highest BCUT2D eigenvalue weighted by atomic mass is 35.5. The largest absolute Gasteiger partial charge is 0.341 e. The zero-order chi connectivity index (χ0) is 18.3. The Kier molecular flexibility index (Phi) is 6.15. The van der Waals surface area contributed by atoms with E-state index in [0.717, 1.165) is 32.2 Å². The lowest BCUT2D eigenvalue weighted by Crippen LogP contribution is -2.44. The van der Waals surface area contributed by atoms with Crippen molar-refractivity contribution in [2.45, 2.75) is 49.5 Å². The fourth-order valence-corrected chi connectivity index (χ4v) is 5.97. The monoisotopic (exact) mass is 413 g/mol. The Hall–Kier alpha value is -1.15. The van der Waals surface area contributed by atoms with Crippen molar-refractivity contribution in [2.24, 2.45) is 11.7 Å². The minimum atomic E-state index is -3.47. The number of likely N-dealkylation sites (tertiary alicyclic amines) is 1. The van der Waals surface area contributed by atoms with Crippen LogP contribution in [0.3, 0.4) is 0 Å². The third-order valence-corrected chi connectivity index (χ3v) is 7.94. The molecule has 2 heterocycles. The van der Waals surface area contributed by atoms with Gasteiger partial charge in [0.05, 0.1) is 4.90 Å². The van der Waals surface area contributed by atoms with Gasteiger partial charge in [-0.2, -0.15) is 4.31 Å². The number of hydrogen-bond acceptors (Lipinski definition) is 4. The molecule has 2 fully saturated rings. The Labute approximate surface area is 167 Å². The van der Waals surface area contributed by atoms with Gasteiger partial charge < -0.3 is 10.6 Å². The van der Waals surface area contributed by atoms with Crippen molar-refractivity contribution in [1.82, 2.24) is 9.21 Å². The normalized spacial score (nSPS) is 23.9. The second kappa shape index (κ2) is 8.07. The summed E-state index contributed by atoms with van der Waals surface area (Å²) in [6.45, 7) is 2.19. The van der Waals surface area contributed by atoms with Crippen LogP contribution in [0.2, 0.25) is 0 Å². The molecule has 0 bridgehead atoms. The summed E-state index contributed by atoms with van der Waals surface area (Å²) in [5.74, 6) is 0.0688. The van der Waals surface area contributed by atoms with Gasteiger partial charge in [0, 0.05) is 38.1 Å². The molecule has 0 aromatic heterocycles. The fraction of sp³-hybridized carbons (Fsp3) is 0.632. The van der Waals surface area contributed by atoms with E-state index in [-0.39, 0.29) is 30.3 Å². The van der Waals surface area contributed by atoms with E-state index in [2.05, 4.69) is 0 Å². The predicted octanol–water partition coefficient (Wildman–Crippen LogP) is 1.56. The quantitative estimate of drug-likeness (QED) is 0.814. The molecular weight excluding hydrogens is 386 g/mol. The number of nitrogens with zero attached hydrogens (tertiary/aromatic N) is 2. The number of benzene rings is 1. The minimum Gasteiger partial charge on any atom is -0.341 e. The van der Waals surface area contributed by atoms with Crippen LogP contribution in [0.1, 0.15) is 36.8 Å². The molecule has 1 aliphatic carbocycles. The van der Waals surface area contributed by atoms with Crippen LogP contribution in [0.25, 0.3) is 0 Å². The van der Waals surface area contributed by atoms with Gasteiger partial charge in [-0.15, -0.1) is 12.4 Å². The molecule has 8 heteroatoms. The highest BCUT2D eigenvalue weighted by Crippen LogP contribution is 2.29. The maximum atomic E-state index is 13.0. The topological polar surface area (TPSA) is 83.7 Å². The number of carbonyl (C=O) groups excluding carboxylic acids is 1. The summed E-state index contributed by atoms with van der Waals surface area (Å²) in [7, 11) is -3.47. The number of aryl methyl sites for hydroxylation is 2. The molecule has 1 amide bonds. The van der Waals surface area contributed by atoms with Crippen molar-refractivity contribution >= 4 is 28.3 Å². The van der Waals surface area contributed by atoms with Crippen LogP contribution in [0.4, 0.5) is 0 Å². The number of halogens is 1. The third-order valence-electron chi connectivity index (χ3n) is 6.05. The van der Waals surface area contributed by atoms with Crippen molar-refractivity contribution in [3.8, 4) is 0 Å². The molecule has 2 aliphatic heterocycles. The van der Waals surface area contributed by atoms with Crippen molar-refractivity contribution < 1.29 is 13.2 Å². The number of carbonyl (C=O) groups is 1. The van der Waals surface area contributed by atoms with Crippen molar-refractivity contribution in [3.05, 3.63) is 29.3 Å². The van der Waals surface area contributed by atoms with Crippen LogP contribution in [0, 0.1) is 5.92 Å². The number of amides is 1. The van der Waals surface area contributed by atoms with E-state index in [4.69, 9.17) is 5.73 Å². The molecule has 0 radical (unpaired) electrons. The minimum absolute atomic E-state index is 0. The first-order valence-electron chi connectivity index (χ1n) is 9.61. The van der Waals surface area contributed by atoms with E-state index >= 15 is 0 Å². The summed E-state index contributed by atoms with van der Waals surface area (Å²) < 4.78 is 27.5. The van der Waals surface area contributed by atoms with E-state index in [1.54, 1.807) is 10.4 Å². The number of hydrogen-bond donors (Lipinski definition) is 1. The van der Waals surface area contributed by atoms with Gasteiger partial charge in [0.2, 0.25) is 15.9 Å². The zero-order valence-corrected chi connectivity index (χ0v) is 17.1. The standard InChI is InChI=1S/C19H27N3O3S.ClH/c20-17-8-9-21(13-17)19(23)15-6-10-22(11-7-15)26(24,25)18-5-4-14-2-1-3-16(14)12-18;/h4-5,12,15,17H,1-3,6-11,13,20H2;1H/t17-;/m1./s1. The Morgan fingerprint density at radius 2 is 1.74 bits per heavy atom. The van der Waals surface area contributed by atoms with Crippen LogP contribution in [-0.2, 0) is 27.7 Å². The first-order chi connectivity index (χ1) is 12.4. The molecule has 0 unspecified atom stereocenters. The van der Waals surface area contributed by atoms with Gasteiger partial charge in [0.25, 0.3) is 0 Å². The van der Waals surface area contributed by atoms with Gasteiger partial charge in [0.1, 0.15) is 0 Å². The molecule has 3 aliphatic rings. The lowest BCUT2D eigenvalue weighted by molar-refractivity contribution is -0.135. The molecule has 4 rings (SSSR count). The summed E-state index contributed by atoms with van der Waals surface area (Å²) in [6, 6.07) is 5.63.